The van der Waals surface area contributed by atoms with Crippen LogP contribution in [0.2, 0.25) is 0 Å². The average molecular weight is 466 g/mol. The highest BCUT2D eigenvalue weighted by molar-refractivity contribution is 7.91. The number of carbonyl (C=O) groups is 3. The molecule has 2 saturated heterocycles. The van der Waals surface area contributed by atoms with Gasteiger partial charge in [0.2, 0.25) is 5.91 Å². The number of nitrogens with zero attached hydrogens (tertiary/aromatic N) is 2. The summed E-state index contributed by atoms with van der Waals surface area (Å²) in [6.07, 6.45) is 3.84. The molecule has 176 valence electrons. The first-order valence-corrected chi connectivity index (χ1v) is 12.9. The molecule has 4 amide bonds. The number of hydrogen-bond acceptors (Lipinski definition) is 6. The summed E-state index contributed by atoms with van der Waals surface area (Å²) in [4.78, 5) is 41.9. The van der Waals surface area contributed by atoms with Gasteiger partial charge in [0.05, 0.1) is 24.3 Å². The van der Waals surface area contributed by atoms with E-state index in [1.165, 1.54) is 11.2 Å². The van der Waals surface area contributed by atoms with E-state index in [4.69, 9.17) is 4.42 Å². The Morgan fingerprint density at radius 2 is 2.06 bits per heavy atom. The molecule has 0 bridgehead atoms. The summed E-state index contributed by atoms with van der Waals surface area (Å²) in [5.41, 5.74) is -1.09. The van der Waals surface area contributed by atoms with Gasteiger partial charge < -0.3 is 14.6 Å². The zero-order valence-electron chi connectivity index (χ0n) is 18.8. The summed E-state index contributed by atoms with van der Waals surface area (Å²) < 4.78 is 29.4. The molecule has 1 aromatic rings. The third kappa shape index (κ3) is 4.42. The quantitative estimate of drug-likeness (QED) is 0.664. The predicted octanol–water partition coefficient (Wildman–Crippen LogP) is 1.93. The molecule has 0 radical (unpaired) electrons. The van der Waals surface area contributed by atoms with Gasteiger partial charge in [0.25, 0.3) is 5.91 Å². The molecular weight excluding hydrogens is 434 g/mol. The van der Waals surface area contributed by atoms with Gasteiger partial charge in [-0.3, -0.25) is 14.5 Å². The van der Waals surface area contributed by atoms with Crippen LogP contribution in [0, 0.1) is 11.3 Å². The van der Waals surface area contributed by atoms with Crippen LogP contribution in [0.4, 0.5) is 4.79 Å². The summed E-state index contributed by atoms with van der Waals surface area (Å²) in [6, 6.07) is 2.32. The molecule has 3 atom stereocenters. The van der Waals surface area contributed by atoms with Gasteiger partial charge in [0.15, 0.2) is 9.84 Å². The first-order chi connectivity index (χ1) is 14.9. The smallest absolute Gasteiger partial charge is 0.325 e. The van der Waals surface area contributed by atoms with E-state index >= 15 is 0 Å². The van der Waals surface area contributed by atoms with E-state index in [1.54, 1.807) is 12.1 Å². The van der Waals surface area contributed by atoms with Crippen molar-refractivity contribution < 1.29 is 27.2 Å². The highest BCUT2D eigenvalue weighted by atomic mass is 32.2. The van der Waals surface area contributed by atoms with Crippen LogP contribution in [0.1, 0.15) is 52.2 Å². The van der Waals surface area contributed by atoms with E-state index in [0.717, 1.165) is 11.3 Å². The van der Waals surface area contributed by atoms with Crippen LogP contribution in [0.5, 0.6) is 0 Å². The summed E-state index contributed by atoms with van der Waals surface area (Å²) in [5.74, 6) is -0.176. The zero-order chi connectivity index (χ0) is 23.3. The summed E-state index contributed by atoms with van der Waals surface area (Å²) in [5, 5.41) is 2.88. The van der Waals surface area contributed by atoms with Gasteiger partial charge in [-0.15, -0.1) is 0 Å². The van der Waals surface area contributed by atoms with E-state index in [-0.39, 0.29) is 35.3 Å². The van der Waals surface area contributed by atoms with Crippen molar-refractivity contribution in [2.45, 2.75) is 64.6 Å². The standard InChI is InChI=1S/C22H31N3O6S/c1-15-9-21(2,3)14-22(10-15)19(27)25(20(28)23-22)12-18(26)24(11-17-5-4-7-31-17)16-6-8-32(29,30)13-16/h4-5,7,15-16H,6,8-14H2,1-3H3,(H,23,28)/t15-,16+,22+/m1/s1. The van der Waals surface area contributed by atoms with E-state index in [2.05, 4.69) is 26.1 Å². The van der Waals surface area contributed by atoms with Crippen molar-refractivity contribution in [2.24, 2.45) is 11.3 Å². The van der Waals surface area contributed by atoms with Crippen LogP contribution in [0.15, 0.2) is 22.8 Å². The number of sulfone groups is 1. The van der Waals surface area contributed by atoms with Crippen molar-refractivity contribution in [2.75, 3.05) is 18.1 Å². The molecule has 2 aliphatic heterocycles. The van der Waals surface area contributed by atoms with Gasteiger partial charge in [-0.1, -0.05) is 20.8 Å². The van der Waals surface area contributed by atoms with Crippen molar-refractivity contribution in [3.63, 3.8) is 0 Å². The van der Waals surface area contributed by atoms with E-state index in [9.17, 15) is 22.8 Å². The topological polar surface area (TPSA) is 117 Å². The number of amides is 4. The first kappa shape index (κ1) is 22.8. The summed E-state index contributed by atoms with van der Waals surface area (Å²) >= 11 is 0. The summed E-state index contributed by atoms with van der Waals surface area (Å²) in [7, 11) is -3.23. The lowest BCUT2D eigenvalue weighted by Crippen LogP contribution is -2.54. The van der Waals surface area contributed by atoms with Gasteiger partial charge in [-0.2, -0.15) is 0 Å². The van der Waals surface area contributed by atoms with Gasteiger partial charge >= 0.3 is 6.03 Å². The Morgan fingerprint density at radius 1 is 1.31 bits per heavy atom. The van der Waals surface area contributed by atoms with Crippen molar-refractivity contribution in [3.8, 4) is 0 Å². The second-order valence-corrected chi connectivity index (χ2v) is 12.6. The lowest BCUT2D eigenvalue weighted by atomic mass is 9.64. The number of urea groups is 1. The van der Waals surface area contributed by atoms with Crippen LogP contribution in [-0.2, 0) is 26.0 Å². The molecule has 1 aliphatic carbocycles. The molecule has 9 nitrogen and oxygen atoms in total. The third-order valence-electron chi connectivity index (χ3n) is 6.79. The minimum absolute atomic E-state index is 0.0127. The molecule has 32 heavy (non-hydrogen) atoms. The number of imide groups is 1. The Bertz CT molecular complexity index is 1020. The van der Waals surface area contributed by atoms with Crippen LogP contribution < -0.4 is 5.32 Å². The minimum atomic E-state index is -3.23. The number of furan rings is 1. The van der Waals surface area contributed by atoms with Crippen LogP contribution >= 0.6 is 0 Å². The maximum atomic E-state index is 13.4. The van der Waals surface area contributed by atoms with Crippen LogP contribution in [0.25, 0.3) is 0 Å². The average Bonchev–Trinajstić information content (AvgIpc) is 3.34. The fourth-order valence-electron chi connectivity index (χ4n) is 5.89. The monoisotopic (exact) mass is 465 g/mol. The molecule has 3 fully saturated rings. The third-order valence-corrected chi connectivity index (χ3v) is 8.54. The van der Waals surface area contributed by atoms with Gasteiger partial charge in [0.1, 0.15) is 17.8 Å². The molecule has 0 aromatic carbocycles. The lowest BCUT2D eigenvalue weighted by molar-refractivity contribution is -0.142. The second-order valence-electron chi connectivity index (χ2n) is 10.4. The number of hydrogen-bond donors (Lipinski definition) is 1. The Morgan fingerprint density at radius 3 is 2.66 bits per heavy atom. The maximum Gasteiger partial charge on any atom is 0.325 e. The lowest BCUT2D eigenvalue weighted by Gasteiger charge is -2.43. The van der Waals surface area contributed by atoms with Gasteiger partial charge in [-0.05, 0) is 49.1 Å². The molecule has 4 rings (SSSR count). The van der Waals surface area contributed by atoms with Crippen molar-refractivity contribution >= 4 is 27.7 Å². The Labute approximate surface area is 188 Å². The Balaban J connectivity index is 1.54. The van der Waals surface area contributed by atoms with Crippen LogP contribution in [-0.4, -0.2) is 65.7 Å². The normalized spacial score (nSPS) is 31.2. The highest BCUT2D eigenvalue weighted by Crippen LogP contribution is 2.46. The maximum absolute atomic E-state index is 13.4. The highest BCUT2D eigenvalue weighted by Gasteiger charge is 2.56. The second kappa shape index (κ2) is 7.90. The number of rotatable bonds is 5. The predicted molar refractivity (Wildman–Crippen MR) is 116 cm³/mol. The molecule has 1 saturated carbocycles. The fraction of sp³-hybridized carbons (Fsp3) is 0.682. The van der Waals surface area contributed by atoms with E-state index in [1.807, 2.05) is 0 Å². The molecule has 1 spiro atoms. The molecule has 1 aromatic heterocycles. The molecule has 1 N–H and O–H groups in total. The van der Waals surface area contributed by atoms with Crippen molar-refractivity contribution in [3.05, 3.63) is 24.2 Å². The molecule has 3 heterocycles. The largest absolute Gasteiger partial charge is 0.467 e. The summed E-state index contributed by atoms with van der Waals surface area (Å²) in [6.45, 7) is 5.91. The minimum Gasteiger partial charge on any atom is -0.467 e. The SMILES string of the molecule is C[C@@H]1CC(C)(C)C[C@]2(C1)NC(=O)N(CC(=O)N(Cc1ccco1)[C@H]1CCS(=O)(=O)C1)C2=O. The van der Waals surface area contributed by atoms with Crippen molar-refractivity contribution in [1.29, 1.82) is 0 Å². The molecule has 10 heteroatoms. The fourth-order valence-corrected chi connectivity index (χ4v) is 7.62. The molecule has 3 aliphatic rings. The Kier molecular flexibility index (Phi) is 5.63. The molecule has 0 unspecified atom stereocenters. The van der Waals surface area contributed by atoms with E-state index in [0.29, 0.717) is 25.0 Å². The Hall–Kier alpha value is -2.36. The number of nitrogens with one attached hydrogen (secondary N) is 1. The van der Waals surface area contributed by atoms with Gasteiger partial charge in [-0.25, -0.2) is 13.2 Å². The number of carbonyl (C=O) groups excluding carboxylic acids is 3. The van der Waals surface area contributed by atoms with E-state index < -0.39 is 39.9 Å². The van der Waals surface area contributed by atoms with Gasteiger partial charge in [0, 0.05) is 6.04 Å². The van der Waals surface area contributed by atoms with Crippen molar-refractivity contribution in [1.82, 2.24) is 15.1 Å². The molecular formula is C22H31N3O6S. The zero-order valence-corrected chi connectivity index (χ0v) is 19.6. The first-order valence-electron chi connectivity index (χ1n) is 11.1. The van der Waals surface area contributed by atoms with Crippen LogP contribution in [0.3, 0.4) is 0 Å².